The van der Waals surface area contributed by atoms with E-state index in [2.05, 4.69) is 5.32 Å². The topological polar surface area (TPSA) is 29.1 Å². The summed E-state index contributed by atoms with van der Waals surface area (Å²) < 4.78 is 13.5. The summed E-state index contributed by atoms with van der Waals surface area (Å²) in [5.74, 6) is -0.303. The van der Waals surface area contributed by atoms with E-state index in [0.717, 1.165) is 12.8 Å². The number of carbonyl (C=O) groups excluding carboxylic acids is 1. The Kier molecular flexibility index (Phi) is 3.59. The number of benzene rings is 1. The van der Waals surface area contributed by atoms with E-state index in [-0.39, 0.29) is 28.5 Å². The van der Waals surface area contributed by atoms with E-state index < -0.39 is 5.82 Å². The zero-order valence-corrected chi connectivity index (χ0v) is 10.6. The molecule has 0 radical (unpaired) electrons. The molecule has 0 unspecified atom stereocenters. The van der Waals surface area contributed by atoms with Gasteiger partial charge < -0.3 is 5.32 Å². The van der Waals surface area contributed by atoms with Crippen molar-refractivity contribution in [2.24, 2.45) is 0 Å². The van der Waals surface area contributed by atoms with E-state index in [9.17, 15) is 9.18 Å². The Morgan fingerprint density at radius 1 is 1.47 bits per heavy atom. The lowest BCUT2D eigenvalue weighted by Crippen LogP contribution is -2.39. The lowest BCUT2D eigenvalue weighted by atomic mass is 10.1. The van der Waals surface area contributed by atoms with Gasteiger partial charge in [0.25, 0.3) is 0 Å². The monoisotopic (exact) mass is 275 g/mol. The average Bonchev–Trinajstić information content (AvgIpc) is 3.04. The third-order valence-corrected chi connectivity index (χ3v) is 3.78. The molecule has 2 rings (SSSR count). The van der Waals surface area contributed by atoms with Gasteiger partial charge in [-0.25, -0.2) is 4.39 Å². The van der Waals surface area contributed by atoms with Gasteiger partial charge in [0.1, 0.15) is 5.82 Å². The summed E-state index contributed by atoms with van der Waals surface area (Å²) in [6.07, 6.45) is 1.71. The van der Waals surface area contributed by atoms with Crippen molar-refractivity contribution in [3.63, 3.8) is 0 Å². The molecule has 1 aromatic carbocycles. The molecule has 92 valence electrons. The summed E-state index contributed by atoms with van der Waals surface area (Å²) in [4.78, 5) is 11.7. The van der Waals surface area contributed by atoms with E-state index in [1.54, 1.807) is 6.07 Å². The molecular weight excluding hydrogens is 264 g/mol. The second-order valence-electron chi connectivity index (χ2n) is 4.34. The Morgan fingerprint density at radius 2 is 2.18 bits per heavy atom. The average molecular weight is 276 g/mol. The molecule has 5 heteroatoms. The highest BCUT2D eigenvalue weighted by Crippen LogP contribution is 2.36. The minimum atomic E-state index is -0.455. The molecular formula is C12H12Cl2FNO. The van der Waals surface area contributed by atoms with Crippen LogP contribution in [0.3, 0.4) is 0 Å². The zero-order valence-electron chi connectivity index (χ0n) is 9.10. The first-order chi connectivity index (χ1) is 8.06. The molecule has 1 aliphatic carbocycles. The highest BCUT2D eigenvalue weighted by atomic mass is 35.5. The number of alkyl halides is 1. The van der Waals surface area contributed by atoms with Crippen molar-refractivity contribution in [3.8, 4) is 0 Å². The number of hydrogen-bond acceptors (Lipinski definition) is 1. The number of carbonyl (C=O) groups is 1. The molecule has 2 nitrogen and oxygen atoms in total. The summed E-state index contributed by atoms with van der Waals surface area (Å²) >= 11 is 11.6. The van der Waals surface area contributed by atoms with Crippen LogP contribution in [0.1, 0.15) is 18.4 Å². The van der Waals surface area contributed by atoms with Gasteiger partial charge in [0.15, 0.2) is 0 Å². The van der Waals surface area contributed by atoms with Crippen LogP contribution in [-0.4, -0.2) is 17.3 Å². The largest absolute Gasteiger partial charge is 0.349 e. The first-order valence-electron chi connectivity index (χ1n) is 5.36. The zero-order chi connectivity index (χ0) is 12.5. The molecule has 1 aliphatic rings. The number of nitrogens with one attached hydrogen (secondary N) is 1. The van der Waals surface area contributed by atoms with Gasteiger partial charge in [-0.05, 0) is 25.0 Å². The predicted octanol–water partition coefficient (Wildman–Crippen LogP) is 2.91. The number of halogens is 3. The molecule has 0 aliphatic heterocycles. The molecule has 0 aromatic heterocycles. The van der Waals surface area contributed by atoms with Crippen molar-refractivity contribution in [2.45, 2.75) is 24.8 Å². The molecule has 0 bridgehead atoms. The first kappa shape index (κ1) is 12.7. The summed E-state index contributed by atoms with van der Waals surface area (Å²) in [7, 11) is 0. The van der Waals surface area contributed by atoms with Crippen LogP contribution in [0.25, 0.3) is 0 Å². The van der Waals surface area contributed by atoms with Crippen LogP contribution >= 0.6 is 23.2 Å². The van der Waals surface area contributed by atoms with Crippen molar-refractivity contribution in [3.05, 3.63) is 34.6 Å². The van der Waals surface area contributed by atoms with E-state index >= 15 is 0 Å². The van der Waals surface area contributed by atoms with Crippen LogP contribution in [0.15, 0.2) is 18.2 Å². The maximum absolute atomic E-state index is 13.5. The summed E-state index contributed by atoms with van der Waals surface area (Å²) in [6.45, 7) is 0. The molecule has 1 fully saturated rings. The predicted molar refractivity (Wildman–Crippen MR) is 65.9 cm³/mol. The van der Waals surface area contributed by atoms with Gasteiger partial charge in [-0.1, -0.05) is 17.7 Å². The molecule has 0 saturated heterocycles. The Labute approximate surface area is 109 Å². The van der Waals surface area contributed by atoms with E-state index in [0.29, 0.717) is 5.88 Å². The number of hydrogen-bond donors (Lipinski definition) is 1. The van der Waals surface area contributed by atoms with Crippen LogP contribution in [0.5, 0.6) is 0 Å². The number of amides is 1. The van der Waals surface area contributed by atoms with Gasteiger partial charge in [0.05, 0.1) is 12.0 Å². The fraction of sp³-hybridized carbons (Fsp3) is 0.417. The Bertz CT molecular complexity index is 426. The summed E-state index contributed by atoms with van der Waals surface area (Å²) in [6, 6.07) is 4.38. The van der Waals surface area contributed by atoms with Crippen LogP contribution < -0.4 is 5.32 Å². The van der Waals surface area contributed by atoms with Gasteiger partial charge >= 0.3 is 0 Å². The molecule has 0 atom stereocenters. The maximum atomic E-state index is 13.5. The van der Waals surface area contributed by atoms with E-state index in [1.165, 1.54) is 12.1 Å². The van der Waals surface area contributed by atoms with Gasteiger partial charge in [0, 0.05) is 16.5 Å². The lowest BCUT2D eigenvalue weighted by molar-refractivity contribution is -0.121. The summed E-state index contributed by atoms with van der Waals surface area (Å²) in [5, 5.41) is 3.10. The van der Waals surface area contributed by atoms with Crippen LogP contribution in [-0.2, 0) is 11.2 Å². The van der Waals surface area contributed by atoms with E-state index in [4.69, 9.17) is 23.2 Å². The molecule has 1 N–H and O–H groups in total. The smallest absolute Gasteiger partial charge is 0.225 e. The van der Waals surface area contributed by atoms with Crippen molar-refractivity contribution in [1.29, 1.82) is 0 Å². The Hall–Kier alpha value is -0.800. The molecule has 1 amide bonds. The highest BCUT2D eigenvalue weighted by Gasteiger charge is 2.43. The van der Waals surface area contributed by atoms with Gasteiger partial charge in [0.2, 0.25) is 5.91 Å². The second-order valence-corrected chi connectivity index (χ2v) is 5.01. The minimum absolute atomic E-state index is 0.0514. The molecule has 0 spiro atoms. The van der Waals surface area contributed by atoms with Crippen molar-refractivity contribution < 1.29 is 9.18 Å². The summed E-state index contributed by atoms with van der Waals surface area (Å²) in [5.41, 5.74) is -0.0341. The van der Waals surface area contributed by atoms with Crippen LogP contribution in [0.4, 0.5) is 4.39 Å². The fourth-order valence-electron chi connectivity index (χ4n) is 1.64. The molecule has 1 saturated carbocycles. The molecule has 1 aromatic rings. The van der Waals surface area contributed by atoms with Gasteiger partial charge in [-0.2, -0.15) is 0 Å². The fourth-order valence-corrected chi connectivity index (χ4v) is 2.21. The highest BCUT2D eigenvalue weighted by molar-refractivity contribution is 6.31. The minimum Gasteiger partial charge on any atom is -0.349 e. The first-order valence-corrected chi connectivity index (χ1v) is 6.27. The SMILES string of the molecule is O=C(Cc1c(F)cccc1Cl)NC1(CCl)CC1. The Morgan fingerprint density at radius 3 is 2.71 bits per heavy atom. The third-order valence-electron chi connectivity index (χ3n) is 2.91. The quantitative estimate of drug-likeness (QED) is 0.842. The molecule has 0 heterocycles. The molecule has 17 heavy (non-hydrogen) atoms. The van der Waals surface area contributed by atoms with Crippen LogP contribution in [0.2, 0.25) is 5.02 Å². The van der Waals surface area contributed by atoms with E-state index in [1.807, 2.05) is 0 Å². The standard InChI is InChI=1S/C12H12Cl2FNO/c13-7-12(4-5-12)16-11(17)6-8-9(14)2-1-3-10(8)15/h1-3H,4-7H2,(H,16,17). The maximum Gasteiger partial charge on any atom is 0.225 e. The van der Waals surface area contributed by atoms with Gasteiger partial charge in [-0.15, -0.1) is 11.6 Å². The normalized spacial score (nSPS) is 16.6. The number of rotatable bonds is 4. The van der Waals surface area contributed by atoms with Crippen molar-refractivity contribution in [1.82, 2.24) is 5.32 Å². The lowest BCUT2D eigenvalue weighted by Gasteiger charge is -2.14. The van der Waals surface area contributed by atoms with Crippen LogP contribution in [0, 0.1) is 5.82 Å². The van der Waals surface area contributed by atoms with Crippen molar-refractivity contribution in [2.75, 3.05) is 5.88 Å². The van der Waals surface area contributed by atoms with Crippen molar-refractivity contribution >= 4 is 29.1 Å². The third kappa shape index (κ3) is 2.90. The van der Waals surface area contributed by atoms with Gasteiger partial charge in [-0.3, -0.25) is 4.79 Å². The second kappa shape index (κ2) is 4.83. The Balaban J connectivity index is 2.03.